The molecule has 6 heteroatoms. The third-order valence-corrected chi connectivity index (χ3v) is 13.9. The van der Waals surface area contributed by atoms with Crippen molar-refractivity contribution in [1.82, 2.24) is 4.90 Å². The summed E-state index contributed by atoms with van der Waals surface area (Å²) < 4.78 is 15.0. The molecule has 0 aromatic heterocycles. The highest BCUT2D eigenvalue weighted by Gasteiger charge is 2.74. The van der Waals surface area contributed by atoms with Crippen LogP contribution in [-0.2, 0) is 17.6 Å². The molecule has 2 aromatic carbocycles. The predicted octanol–water partition coefficient (Wildman–Crippen LogP) is 7.36. The molecule has 2 spiro atoms. The molecule has 6 aliphatic carbocycles. The van der Waals surface area contributed by atoms with E-state index in [-0.39, 0.29) is 40.0 Å². The Kier molecular flexibility index (Phi) is 7.56. The summed E-state index contributed by atoms with van der Waals surface area (Å²) in [6.07, 6.45) is 12.8. The number of nitrogens with zero attached hydrogens (tertiary/aromatic N) is 1. The van der Waals surface area contributed by atoms with Crippen LogP contribution in [0.25, 0.3) is 0 Å². The Labute approximate surface area is 272 Å². The number of hydrogen-bond donors (Lipinski definition) is 2. The van der Waals surface area contributed by atoms with Gasteiger partial charge in [0.05, 0.1) is 11.7 Å². The van der Waals surface area contributed by atoms with Crippen molar-refractivity contribution in [1.29, 1.82) is 0 Å². The van der Waals surface area contributed by atoms with Gasteiger partial charge in [-0.15, -0.1) is 0 Å². The number of aliphatic hydroxyl groups is 2. The summed E-state index contributed by atoms with van der Waals surface area (Å²) in [6.45, 7) is 6.10. The van der Waals surface area contributed by atoms with Crippen LogP contribution in [0.1, 0.15) is 69.9 Å². The minimum atomic E-state index is -0.894. The third kappa shape index (κ3) is 4.51. The van der Waals surface area contributed by atoms with Gasteiger partial charge < -0.3 is 15.1 Å². The van der Waals surface area contributed by atoms with Crippen LogP contribution in [0.15, 0.2) is 72.3 Å². The Morgan fingerprint density at radius 3 is 2.44 bits per heavy atom. The van der Waals surface area contributed by atoms with E-state index in [1.54, 1.807) is 12.1 Å². The number of carbonyl (C=O) groups excluding carboxylic acids is 1. The Bertz CT molecular complexity index is 1540. The molecule has 8 atom stereocenters. The van der Waals surface area contributed by atoms with Gasteiger partial charge >= 0.3 is 0 Å². The van der Waals surface area contributed by atoms with Gasteiger partial charge in [-0.05, 0) is 93.4 Å². The number of ketones is 1. The lowest BCUT2D eigenvalue weighted by molar-refractivity contribution is -0.178. The van der Waals surface area contributed by atoms with E-state index in [9.17, 15) is 15.0 Å². The summed E-state index contributed by atoms with van der Waals surface area (Å²) in [4.78, 5) is 16.8. The molecule has 0 aliphatic heterocycles. The van der Waals surface area contributed by atoms with E-state index in [1.165, 1.54) is 11.6 Å². The van der Waals surface area contributed by atoms with Gasteiger partial charge in [0, 0.05) is 51.9 Å². The maximum absolute atomic E-state index is 15.0. The lowest BCUT2D eigenvalue weighted by atomic mass is 9.32. The number of hydrogen-bond acceptors (Lipinski definition) is 4. The first-order valence-electron chi connectivity index (χ1n) is 16.9. The zero-order chi connectivity index (χ0) is 31.8. The van der Waals surface area contributed by atoms with Gasteiger partial charge in [-0.3, -0.25) is 4.79 Å². The second kappa shape index (κ2) is 10.9. The monoisotopic (exact) mass is 631 g/mol. The maximum Gasteiger partial charge on any atom is 0.164 e. The number of aliphatic hydroxyl groups excluding tert-OH is 1. The first-order valence-corrected chi connectivity index (χ1v) is 17.3. The van der Waals surface area contributed by atoms with Crippen molar-refractivity contribution < 1.29 is 19.4 Å². The molecule has 1 unspecified atom stereocenters. The Hall–Kier alpha value is -2.31. The van der Waals surface area contributed by atoms with Crippen LogP contribution in [0.5, 0.6) is 0 Å². The van der Waals surface area contributed by atoms with Gasteiger partial charge in [-0.2, -0.15) is 0 Å². The number of rotatable bonds is 8. The number of halogens is 2. The average molecular weight is 632 g/mol. The van der Waals surface area contributed by atoms with Crippen molar-refractivity contribution in [2.45, 2.75) is 83.3 Å². The molecule has 0 saturated heterocycles. The summed E-state index contributed by atoms with van der Waals surface area (Å²) >= 11 is 6.44. The van der Waals surface area contributed by atoms with Crippen LogP contribution in [-0.4, -0.2) is 52.7 Å². The average Bonchev–Trinajstić information content (AvgIpc) is 3.28. The third-order valence-electron chi connectivity index (χ3n) is 13.6. The first kappa shape index (κ1) is 31.3. The molecule has 240 valence electrons. The molecule has 6 aliphatic rings. The van der Waals surface area contributed by atoms with Crippen LogP contribution >= 0.6 is 11.6 Å². The second-order valence-corrected chi connectivity index (χ2v) is 16.0. The van der Waals surface area contributed by atoms with Gasteiger partial charge in [0.25, 0.3) is 0 Å². The molecule has 0 amide bonds. The van der Waals surface area contributed by atoms with Crippen LogP contribution in [0.2, 0.25) is 5.02 Å². The van der Waals surface area contributed by atoms with E-state index >= 15 is 4.39 Å². The standard InChI is InChI=1S/C39H47ClFNO3/c1-35-16-12-27(43)23-37(35)19-20-39(29(24-37)32(44)22-28-30(40)10-7-11-31(28)41)33(35)13-17-36(2)34(39)14-18-38(36,45)25-42(3)21-15-26-8-5-4-6-9-26/h4-11,19-20,24,27,33-34,43,45H,12-18,21-23,25H2,1-3H3/t27?,33-,34-,35-,36+,37+,38-,39-/m1/s1. The summed E-state index contributed by atoms with van der Waals surface area (Å²) in [6, 6.07) is 15.1. The van der Waals surface area contributed by atoms with Crippen molar-refractivity contribution in [2.75, 3.05) is 20.1 Å². The van der Waals surface area contributed by atoms with Gasteiger partial charge in [0.15, 0.2) is 5.78 Å². The molecular formula is C39H47ClFNO3. The topological polar surface area (TPSA) is 60.8 Å². The molecule has 8 rings (SSSR count). The number of fused-ring (bicyclic) bond motifs is 1. The molecule has 3 saturated carbocycles. The highest BCUT2D eigenvalue weighted by molar-refractivity contribution is 6.31. The summed E-state index contributed by atoms with van der Waals surface area (Å²) in [7, 11) is 2.11. The number of allylic oxidation sites excluding steroid dienone is 4. The largest absolute Gasteiger partial charge is 0.393 e. The first-order chi connectivity index (χ1) is 21.4. The number of benzene rings is 2. The van der Waals surface area contributed by atoms with Gasteiger partial charge in [0.1, 0.15) is 5.82 Å². The minimum Gasteiger partial charge on any atom is -0.393 e. The normalized spacial score (nSPS) is 39.7. The van der Waals surface area contributed by atoms with Gasteiger partial charge in [0.2, 0.25) is 0 Å². The summed E-state index contributed by atoms with van der Waals surface area (Å²) in [5.74, 6) is -0.266. The van der Waals surface area contributed by atoms with Crippen LogP contribution in [0.3, 0.4) is 0 Å². The van der Waals surface area contributed by atoms with Gasteiger partial charge in [-0.1, -0.05) is 80.1 Å². The van der Waals surface area contributed by atoms with Crippen LogP contribution < -0.4 is 0 Å². The lowest BCUT2D eigenvalue weighted by Gasteiger charge is -2.71. The molecule has 0 radical (unpaired) electrons. The van der Waals surface area contributed by atoms with Crippen molar-refractivity contribution in [3.63, 3.8) is 0 Å². The Morgan fingerprint density at radius 2 is 1.69 bits per heavy atom. The molecule has 3 fully saturated rings. The smallest absolute Gasteiger partial charge is 0.164 e. The van der Waals surface area contributed by atoms with Crippen LogP contribution in [0.4, 0.5) is 4.39 Å². The highest BCUT2D eigenvalue weighted by atomic mass is 35.5. The van der Waals surface area contributed by atoms with Crippen LogP contribution in [0, 0.1) is 39.3 Å². The highest BCUT2D eigenvalue weighted by Crippen LogP contribution is 2.78. The van der Waals surface area contributed by atoms with Crippen molar-refractivity contribution in [3.8, 4) is 0 Å². The molecule has 2 N–H and O–H groups in total. The summed E-state index contributed by atoms with van der Waals surface area (Å²) in [5.41, 5.74) is -0.0590. The van der Waals surface area contributed by atoms with E-state index in [0.717, 1.165) is 50.6 Å². The minimum absolute atomic E-state index is 0.0702. The quantitative estimate of drug-likeness (QED) is 0.299. The van der Waals surface area contributed by atoms with E-state index in [4.69, 9.17) is 11.6 Å². The van der Waals surface area contributed by atoms with Gasteiger partial charge in [-0.25, -0.2) is 4.39 Å². The molecular weight excluding hydrogens is 585 g/mol. The molecule has 2 aromatic rings. The fraction of sp³-hybridized carbons (Fsp3) is 0.564. The fourth-order valence-electron chi connectivity index (χ4n) is 11.1. The van der Waals surface area contributed by atoms with Crippen molar-refractivity contribution in [3.05, 3.63) is 94.3 Å². The number of carbonyl (C=O) groups is 1. The molecule has 2 bridgehead atoms. The predicted molar refractivity (Wildman–Crippen MR) is 176 cm³/mol. The van der Waals surface area contributed by atoms with E-state index < -0.39 is 33.8 Å². The van der Waals surface area contributed by atoms with Crippen molar-refractivity contribution in [2.24, 2.45) is 33.5 Å². The Balaban J connectivity index is 1.26. The van der Waals surface area contributed by atoms with E-state index in [2.05, 4.69) is 68.3 Å². The Morgan fingerprint density at radius 1 is 0.978 bits per heavy atom. The van der Waals surface area contributed by atoms with E-state index in [1.807, 2.05) is 6.07 Å². The van der Waals surface area contributed by atoms with E-state index in [0.29, 0.717) is 19.4 Å². The number of Topliss-reactive ketones (excluding diaryl/α,β-unsaturated/α-hetero) is 1. The molecule has 4 nitrogen and oxygen atoms in total. The fourth-order valence-corrected chi connectivity index (χ4v) is 11.3. The zero-order valence-corrected chi connectivity index (χ0v) is 27.6. The second-order valence-electron chi connectivity index (χ2n) is 15.6. The number of likely N-dealkylation sites (N-methyl/N-ethyl adjacent to an activating group) is 1. The van der Waals surface area contributed by atoms with Crippen molar-refractivity contribution >= 4 is 17.4 Å². The zero-order valence-electron chi connectivity index (χ0n) is 26.9. The lowest BCUT2D eigenvalue weighted by Crippen LogP contribution is -2.67. The molecule has 0 heterocycles. The maximum atomic E-state index is 15.0. The molecule has 45 heavy (non-hydrogen) atoms. The SMILES string of the molecule is CN(CCc1ccccc1)C[C@]1(O)CC[C@H]2[C@]34C=C[C@@]5(C=C3C(=O)Cc3c(F)cccc3Cl)CC(O)CC[C@]5(C)[C@H]4CC[C@@]21C. The summed E-state index contributed by atoms with van der Waals surface area (Å²) in [5, 5.41) is 23.8.